The molecule has 0 bridgehead atoms. The lowest BCUT2D eigenvalue weighted by atomic mass is 10.2. The normalized spacial score (nSPS) is 22.0. The number of aryl methyl sites for hydroxylation is 1. The SMILES string of the molecule is Cc1ccc2oc(C(=O)N3CC(C(=O)O)O[C@H](C)C3)cc2n1. The third-order valence-corrected chi connectivity index (χ3v) is 3.55. The Labute approximate surface area is 126 Å². The smallest absolute Gasteiger partial charge is 0.334 e. The zero-order chi connectivity index (χ0) is 15.9. The molecule has 3 heterocycles. The van der Waals surface area contributed by atoms with Gasteiger partial charge in [0.1, 0.15) is 5.52 Å². The van der Waals surface area contributed by atoms with E-state index in [9.17, 15) is 9.59 Å². The van der Waals surface area contributed by atoms with Gasteiger partial charge in [0.25, 0.3) is 5.91 Å². The van der Waals surface area contributed by atoms with Gasteiger partial charge in [-0.2, -0.15) is 0 Å². The Bertz CT molecular complexity index is 739. The van der Waals surface area contributed by atoms with Gasteiger partial charge in [-0.05, 0) is 26.0 Å². The largest absolute Gasteiger partial charge is 0.479 e. The maximum Gasteiger partial charge on any atom is 0.334 e. The van der Waals surface area contributed by atoms with Gasteiger partial charge in [-0.15, -0.1) is 0 Å². The van der Waals surface area contributed by atoms with Crippen molar-refractivity contribution in [3.05, 3.63) is 29.7 Å². The first kappa shape index (κ1) is 14.5. The molecule has 0 aromatic carbocycles. The third-order valence-electron chi connectivity index (χ3n) is 3.55. The van der Waals surface area contributed by atoms with Crippen LogP contribution >= 0.6 is 0 Å². The number of carboxylic acids is 1. The fourth-order valence-electron chi connectivity index (χ4n) is 2.54. The van der Waals surface area contributed by atoms with E-state index in [0.29, 0.717) is 17.6 Å². The second-order valence-electron chi connectivity index (χ2n) is 5.43. The second kappa shape index (κ2) is 5.42. The highest BCUT2D eigenvalue weighted by molar-refractivity contribution is 5.95. The van der Waals surface area contributed by atoms with E-state index in [1.807, 2.05) is 6.92 Å². The number of hydrogen-bond acceptors (Lipinski definition) is 5. The van der Waals surface area contributed by atoms with Crippen molar-refractivity contribution < 1.29 is 23.8 Å². The van der Waals surface area contributed by atoms with Gasteiger partial charge in [0, 0.05) is 18.3 Å². The number of morpholine rings is 1. The zero-order valence-electron chi connectivity index (χ0n) is 12.3. The molecule has 3 rings (SSSR count). The Morgan fingerprint density at radius 2 is 2.14 bits per heavy atom. The molecular weight excluding hydrogens is 288 g/mol. The molecular formula is C15H16N2O5. The highest BCUT2D eigenvalue weighted by atomic mass is 16.5. The molecule has 1 unspecified atom stereocenters. The molecule has 1 aliphatic heterocycles. The van der Waals surface area contributed by atoms with E-state index in [0.717, 1.165) is 5.69 Å². The number of carbonyl (C=O) groups excluding carboxylic acids is 1. The van der Waals surface area contributed by atoms with E-state index in [1.54, 1.807) is 25.1 Å². The molecule has 1 fully saturated rings. The van der Waals surface area contributed by atoms with Crippen molar-refractivity contribution in [3.63, 3.8) is 0 Å². The van der Waals surface area contributed by atoms with Crippen LogP contribution in [0.2, 0.25) is 0 Å². The number of amides is 1. The molecule has 2 atom stereocenters. The molecule has 7 heteroatoms. The standard InChI is InChI=1S/C15H16N2O5/c1-8-3-4-11-10(16-8)5-12(22-11)14(18)17-6-9(2)21-13(7-17)15(19)20/h3-5,9,13H,6-7H2,1-2H3,(H,19,20)/t9-,13?/m1/s1. The van der Waals surface area contributed by atoms with Gasteiger partial charge in [-0.3, -0.25) is 4.79 Å². The maximum absolute atomic E-state index is 12.5. The summed E-state index contributed by atoms with van der Waals surface area (Å²) in [5, 5.41) is 9.07. The average molecular weight is 304 g/mol. The van der Waals surface area contributed by atoms with Crippen LogP contribution in [-0.2, 0) is 9.53 Å². The summed E-state index contributed by atoms with van der Waals surface area (Å²) in [6, 6.07) is 5.15. The van der Waals surface area contributed by atoms with Crippen LogP contribution in [-0.4, -0.2) is 52.2 Å². The zero-order valence-corrected chi connectivity index (χ0v) is 12.3. The molecule has 0 radical (unpaired) electrons. The molecule has 2 aromatic heterocycles. The number of ether oxygens (including phenoxy) is 1. The Kier molecular flexibility index (Phi) is 3.58. The summed E-state index contributed by atoms with van der Waals surface area (Å²) in [5.74, 6) is -1.27. The minimum Gasteiger partial charge on any atom is -0.479 e. The van der Waals surface area contributed by atoms with Gasteiger partial charge < -0.3 is 19.2 Å². The van der Waals surface area contributed by atoms with Crippen LogP contribution in [0.5, 0.6) is 0 Å². The minimum atomic E-state index is -1.08. The molecule has 1 amide bonds. The molecule has 1 aliphatic rings. The van der Waals surface area contributed by atoms with E-state index < -0.39 is 12.1 Å². The fourth-order valence-corrected chi connectivity index (χ4v) is 2.54. The van der Waals surface area contributed by atoms with Crippen LogP contribution in [0.1, 0.15) is 23.2 Å². The van der Waals surface area contributed by atoms with Crippen LogP contribution in [0.15, 0.2) is 22.6 Å². The summed E-state index contributed by atoms with van der Waals surface area (Å²) < 4.78 is 10.8. The van der Waals surface area contributed by atoms with Gasteiger partial charge in [-0.1, -0.05) is 0 Å². The van der Waals surface area contributed by atoms with Gasteiger partial charge >= 0.3 is 5.97 Å². The first-order valence-electron chi connectivity index (χ1n) is 6.99. The first-order valence-corrected chi connectivity index (χ1v) is 6.99. The molecule has 116 valence electrons. The van der Waals surface area contributed by atoms with Crippen molar-refractivity contribution in [1.29, 1.82) is 0 Å². The Morgan fingerprint density at radius 3 is 2.86 bits per heavy atom. The predicted octanol–water partition coefficient (Wildman–Crippen LogP) is 1.45. The number of rotatable bonds is 2. The lowest BCUT2D eigenvalue weighted by molar-refractivity contribution is -0.160. The summed E-state index contributed by atoms with van der Waals surface area (Å²) in [5.41, 5.74) is 1.97. The van der Waals surface area contributed by atoms with E-state index in [-0.39, 0.29) is 24.3 Å². The number of nitrogens with zero attached hydrogens (tertiary/aromatic N) is 2. The van der Waals surface area contributed by atoms with E-state index in [1.165, 1.54) is 4.90 Å². The molecule has 0 aliphatic carbocycles. The molecule has 0 spiro atoms. The van der Waals surface area contributed by atoms with E-state index in [2.05, 4.69) is 4.98 Å². The second-order valence-corrected chi connectivity index (χ2v) is 5.43. The lowest BCUT2D eigenvalue weighted by Gasteiger charge is -2.34. The fraction of sp³-hybridized carbons (Fsp3) is 0.400. The van der Waals surface area contributed by atoms with Gasteiger partial charge in [0.2, 0.25) is 0 Å². The van der Waals surface area contributed by atoms with Crippen molar-refractivity contribution in [2.75, 3.05) is 13.1 Å². The van der Waals surface area contributed by atoms with Gasteiger partial charge in [0.05, 0.1) is 12.6 Å². The highest BCUT2D eigenvalue weighted by Crippen LogP contribution is 2.21. The maximum atomic E-state index is 12.5. The van der Waals surface area contributed by atoms with Crippen LogP contribution in [0.25, 0.3) is 11.1 Å². The number of fused-ring (bicyclic) bond motifs is 1. The lowest BCUT2D eigenvalue weighted by Crippen LogP contribution is -2.51. The number of carbonyl (C=O) groups is 2. The van der Waals surface area contributed by atoms with Crippen molar-refractivity contribution in [3.8, 4) is 0 Å². The molecule has 22 heavy (non-hydrogen) atoms. The van der Waals surface area contributed by atoms with Crippen LogP contribution < -0.4 is 0 Å². The van der Waals surface area contributed by atoms with Crippen LogP contribution in [0.4, 0.5) is 0 Å². The summed E-state index contributed by atoms with van der Waals surface area (Å²) in [6.07, 6.45) is -1.36. The van der Waals surface area contributed by atoms with E-state index >= 15 is 0 Å². The van der Waals surface area contributed by atoms with Gasteiger partial charge in [-0.25, -0.2) is 9.78 Å². The molecule has 0 saturated carbocycles. The van der Waals surface area contributed by atoms with Crippen molar-refractivity contribution in [2.24, 2.45) is 0 Å². The monoisotopic (exact) mass is 304 g/mol. The summed E-state index contributed by atoms with van der Waals surface area (Å²) in [7, 11) is 0. The highest BCUT2D eigenvalue weighted by Gasteiger charge is 2.34. The summed E-state index contributed by atoms with van der Waals surface area (Å²) in [6.45, 7) is 3.92. The molecule has 7 nitrogen and oxygen atoms in total. The van der Waals surface area contributed by atoms with Crippen molar-refractivity contribution in [2.45, 2.75) is 26.1 Å². The van der Waals surface area contributed by atoms with Crippen LogP contribution in [0, 0.1) is 6.92 Å². The quantitative estimate of drug-likeness (QED) is 0.902. The first-order chi connectivity index (χ1) is 10.4. The predicted molar refractivity (Wildman–Crippen MR) is 76.6 cm³/mol. The Balaban J connectivity index is 1.86. The number of carboxylic acid groups (broad SMARTS) is 1. The van der Waals surface area contributed by atoms with Gasteiger partial charge in [0.15, 0.2) is 17.4 Å². The summed E-state index contributed by atoms with van der Waals surface area (Å²) >= 11 is 0. The molecule has 1 saturated heterocycles. The minimum absolute atomic E-state index is 0.00199. The Hall–Kier alpha value is -2.41. The van der Waals surface area contributed by atoms with Crippen LogP contribution in [0.3, 0.4) is 0 Å². The number of hydrogen-bond donors (Lipinski definition) is 1. The average Bonchev–Trinajstić information content (AvgIpc) is 2.88. The van der Waals surface area contributed by atoms with E-state index in [4.69, 9.17) is 14.3 Å². The number of aliphatic carboxylic acids is 1. The number of pyridine rings is 1. The van der Waals surface area contributed by atoms with Crippen molar-refractivity contribution in [1.82, 2.24) is 9.88 Å². The summed E-state index contributed by atoms with van der Waals surface area (Å²) in [4.78, 5) is 29.4. The topological polar surface area (TPSA) is 92.9 Å². The van der Waals surface area contributed by atoms with Crippen molar-refractivity contribution >= 4 is 23.0 Å². The number of aromatic nitrogens is 1. The third kappa shape index (κ3) is 2.67. The molecule has 1 N–H and O–H groups in total. The number of furan rings is 1. The molecule has 2 aromatic rings. The Morgan fingerprint density at radius 1 is 1.36 bits per heavy atom.